The number of carbonyl (C=O) groups excluding carboxylic acids is 2. The SMILES string of the molecule is CCCN(Cc1nnc(-c2ccccc2Cl)o1)C(=O)CC1c2ccccc2CCN1C(C)=O. The summed E-state index contributed by atoms with van der Waals surface area (Å²) in [5.74, 6) is 0.593. The van der Waals surface area contributed by atoms with Gasteiger partial charge in [0.2, 0.25) is 23.6 Å². The van der Waals surface area contributed by atoms with Crippen molar-refractivity contribution in [1.29, 1.82) is 0 Å². The molecule has 2 amide bonds. The average molecular weight is 467 g/mol. The van der Waals surface area contributed by atoms with Gasteiger partial charge < -0.3 is 14.2 Å². The van der Waals surface area contributed by atoms with Gasteiger partial charge in [0.25, 0.3) is 0 Å². The van der Waals surface area contributed by atoms with Gasteiger partial charge in [0.1, 0.15) is 0 Å². The molecule has 1 aromatic heterocycles. The molecule has 1 aliphatic rings. The van der Waals surface area contributed by atoms with Crippen LogP contribution < -0.4 is 0 Å². The molecule has 1 unspecified atom stereocenters. The normalized spacial score (nSPS) is 15.2. The molecule has 0 bridgehead atoms. The van der Waals surface area contributed by atoms with Gasteiger partial charge in [-0.3, -0.25) is 9.59 Å². The summed E-state index contributed by atoms with van der Waals surface area (Å²) in [7, 11) is 0. The molecule has 172 valence electrons. The lowest BCUT2D eigenvalue weighted by Crippen LogP contribution is -2.42. The zero-order valence-corrected chi connectivity index (χ0v) is 19.6. The Kier molecular flexibility index (Phi) is 7.08. The monoisotopic (exact) mass is 466 g/mol. The molecule has 4 rings (SSSR count). The van der Waals surface area contributed by atoms with E-state index in [1.54, 1.807) is 22.8 Å². The van der Waals surface area contributed by atoms with Crippen molar-refractivity contribution in [3.05, 3.63) is 70.6 Å². The summed E-state index contributed by atoms with van der Waals surface area (Å²) in [5.41, 5.74) is 2.89. The number of carbonyl (C=O) groups is 2. The van der Waals surface area contributed by atoms with Crippen LogP contribution in [0.1, 0.15) is 49.7 Å². The maximum atomic E-state index is 13.4. The topological polar surface area (TPSA) is 79.5 Å². The van der Waals surface area contributed by atoms with Gasteiger partial charge in [0.05, 0.1) is 29.6 Å². The molecule has 2 aromatic carbocycles. The molecule has 33 heavy (non-hydrogen) atoms. The van der Waals surface area contributed by atoms with Gasteiger partial charge in [-0.25, -0.2) is 0 Å². The number of nitrogens with zero attached hydrogens (tertiary/aromatic N) is 4. The Labute approximate surface area is 198 Å². The summed E-state index contributed by atoms with van der Waals surface area (Å²) in [4.78, 5) is 29.2. The largest absolute Gasteiger partial charge is 0.419 e. The predicted octanol–water partition coefficient (Wildman–Crippen LogP) is 4.66. The highest BCUT2D eigenvalue weighted by Gasteiger charge is 2.32. The van der Waals surface area contributed by atoms with E-state index in [2.05, 4.69) is 16.3 Å². The third-order valence-corrected chi connectivity index (χ3v) is 6.26. The van der Waals surface area contributed by atoms with Crippen molar-refractivity contribution in [3.8, 4) is 11.5 Å². The molecule has 2 heterocycles. The summed E-state index contributed by atoms with van der Waals surface area (Å²) in [5, 5.41) is 8.76. The Morgan fingerprint density at radius 2 is 1.91 bits per heavy atom. The first-order valence-corrected chi connectivity index (χ1v) is 11.6. The summed E-state index contributed by atoms with van der Waals surface area (Å²) >= 11 is 6.24. The average Bonchev–Trinajstić information content (AvgIpc) is 3.27. The molecule has 0 saturated heterocycles. The highest BCUT2D eigenvalue weighted by Crippen LogP contribution is 2.33. The Bertz CT molecular complexity index is 1150. The highest BCUT2D eigenvalue weighted by molar-refractivity contribution is 6.33. The molecule has 3 aromatic rings. The van der Waals surface area contributed by atoms with Gasteiger partial charge in [-0.1, -0.05) is 54.9 Å². The van der Waals surface area contributed by atoms with Crippen molar-refractivity contribution in [2.24, 2.45) is 0 Å². The van der Waals surface area contributed by atoms with Crippen LogP contribution in [-0.4, -0.2) is 44.9 Å². The van der Waals surface area contributed by atoms with Gasteiger partial charge in [0.15, 0.2) is 0 Å². The van der Waals surface area contributed by atoms with Crippen molar-refractivity contribution in [2.45, 2.75) is 45.7 Å². The number of fused-ring (bicyclic) bond motifs is 1. The van der Waals surface area contributed by atoms with Gasteiger partial charge in [-0.05, 0) is 36.1 Å². The fourth-order valence-corrected chi connectivity index (χ4v) is 4.55. The smallest absolute Gasteiger partial charge is 0.249 e. The zero-order valence-electron chi connectivity index (χ0n) is 18.8. The molecular formula is C25H27ClN4O3. The Balaban J connectivity index is 1.53. The second-order valence-corrected chi connectivity index (χ2v) is 8.58. The van der Waals surface area contributed by atoms with E-state index in [0.717, 1.165) is 18.4 Å². The minimum Gasteiger partial charge on any atom is -0.419 e. The lowest BCUT2D eigenvalue weighted by Gasteiger charge is -2.37. The van der Waals surface area contributed by atoms with E-state index in [0.29, 0.717) is 35.5 Å². The molecule has 1 aliphatic heterocycles. The van der Waals surface area contributed by atoms with Crippen molar-refractivity contribution >= 4 is 23.4 Å². The van der Waals surface area contributed by atoms with E-state index in [-0.39, 0.29) is 30.8 Å². The van der Waals surface area contributed by atoms with E-state index in [1.165, 1.54) is 5.56 Å². The summed E-state index contributed by atoms with van der Waals surface area (Å²) in [6.07, 6.45) is 1.79. The molecule has 0 fully saturated rings. The van der Waals surface area contributed by atoms with E-state index in [1.807, 2.05) is 43.3 Å². The predicted molar refractivity (Wildman–Crippen MR) is 125 cm³/mol. The first-order chi connectivity index (χ1) is 16.0. The van der Waals surface area contributed by atoms with E-state index in [9.17, 15) is 9.59 Å². The number of aromatic nitrogens is 2. The van der Waals surface area contributed by atoms with Crippen LogP contribution in [0.4, 0.5) is 0 Å². The first-order valence-electron chi connectivity index (χ1n) is 11.2. The number of hydrogen-bond donors (Lipinski definition) is 0. The molecule has 0 radical (unpaired) electrons. The molecule has 7 nitrogen and oxygen atoms in total. The summed E-state index contributed by atoms with van der Waals surface area (Å²) in [6.45, 7) is 4.95. The minimum atomic E-state index is -0.277. The molecule has 0 aliphatic carbocycles. The zero-order chi connectivity index (χ0) is 23.4. The van der Waals surface area contributed by atoms with Gasteiger partial charge in [0, 0.05) is 20.0 Å². The third-order valence-electron chi connectivity index (χ3n) is 5.93. The van der Waals surface area contributed by atoms with Crippen LogP contribution in [0.25, 0.3) is 11.5 Å². The molecule has 0 spiro atoms. The first kappa shape index (κ1) is 23.0. The van der Waals surface area contributed by atoms with Crippen molar-refractivity contribution in [3.63, 3.8) is 0 Å². The van der Waals surface area contributed by atoms with Crippen LogP contribution in [0.5, 0.6) is 0 Å². The fourth-order valence-electron chi connectivity index (χ4n) is 4.33. The number of halogens is 1. The number of hydrogen-bond acceptors (Lipinski definition) is 5. The Morgan fingerprint density at radius 1 is 1.15 bits per heavy atom. The Hall–Kier alpha value is -3.19. The van der Waals surface area contributed by atoms with Gasteiger partial charge >= 0.3 is 0 Å². The Morgan fingerprint density at radius 3 is 2.67 bits per heavy atom. The quantitative estimate of drug-likeness (QED) is 0.505. The van der Waals surface area contributed by atoms with E-state index < -0.39 is 0 Å². The second-order valence-electron chi connectivity index (χ2n) is 8.18. The molecule has 0 N–H and O–H groups in total. The van der Waals surface area contributed by atoms with E-state index >= 15 is 0 Å². The molecule has 8 heteroatoms. The van der Waals surface area contributed by atoms with Crippen LogP contribution in [-0.2, 0) is 22.6 Å². The van der Waals surface area contributed by atoms with Crippen LogP contribution >= 0.6 is 11.6 Å². The van der Waals surface area contributed by atoms with Crippen LogP contribution in [0.15, 0.2) is 52.9 Å². The third kappa shape index (κ3) is 5.09. The lowest BCUT2D eigenvalue weighted by atomic mass is 9.90. The van der Waals surface area contributed by atoms with Gasteiger partial charge in [-0.15, -0.1) is 10.2 Å². The van der Waals surface area contributed by atoms with Gasteiger partial charge in [-0.2, -0.15) is 0 Å². The molecular weight excluding hydrogens is 440 g/mol. The fraction of sp³-hybridized carbons (Fsp3) is 0.360. The van der Waals surface area contributed by atoms with Crippen molar-refractivity contribution in [2.75, 3.05) is 13.1 Å². The van der Waals surface area contributed by atoms with E-state index in [4.69, 9.17) is 16.0 Å². The standard InChI is InChI=1S/C25H27ClN4O3/c1-3-13-29(16-23-27-28-25(33-23)20-10-6-7-11-21(20)26)24(32)15-22-19-9-5-4-8-18(19)12-14-30(22)17(2)31/h4-11,22H,3,12-16H2,1-2H3. The minimum absolute atomic E-state index is 0.0226. The maximum absolute atomic E-state index is 13.4. The molecule has 0 saturated carbocycles. The summed E-state index contributed by atoms with van der Waals surface area (Å²) < 4.78 is 5.82. The van der Waals surface area contributed by atoms with Crippen molar-refractivity contribution < 1.29 is 14.0 Å². The lowest BCUT2D eigenvalue weighted by molar-refractivity contribution is -0.137. The molecule has 1 atom stereocenters. The number of rotatable bonds is 7. The maximum Gasteiger partial charge on any atom is 0.249 e. The van der Waals surface area contributed by atoms with Crippen LogP contribution in [0.3, 0.4) is 0 Å². The summed E-state index contributed by atoms with van der Waals surface area (Å²) in [6, 6.07) is 15.0. The number of amides is 2. The second kappa shape index (κ2) is 10.2. The van der Waals surface area contributed by atoms with Crippen LogP contribution in [0.2, 0.25) is 5.02 Å². The number of benzene rings is 2. The van der Waals surface area contributed by atoms with Crippen molar-refractivity contribution in [1.82, 2.24) is 20.0 Å². The van der Waals surface area contributed by atoms with Crippen LogP contribution in [0, 0.1) is 0 Å². The highest BCUT2D eigenvalue weighted by atomic mass is 35.5.